The van der Waals surface area contributed by atoms with Crippen molar-refractivity contribution < 1.29 is 9.90 Å². The molecule has 0 saturated carbocycles. The third-order valence-electron chi connectivity index (χ3n) is 2.65. The summed E-state index contributed by atoms with van der Waals surface area (Å²) >= 11 is 0. The van der Waals surface area contributed by atoms with Crippen LogP contribution in [-0.4, -0.2) is 22.1 Å². The first-order valence-corrected chi connectivity index (χ1v) is 6.09. The van der Waals surface area contributed by atoms with Crippen LogP contribution in [0.2, 0.25) is 0 Å². The molecular weight excluding hydrogens is 216 g/mol. The van der Waals surface area contributed by atoms with Crippen LogP contribution in [0.4, 0.5) is 5.82 Å². The second-order valence-corrected chi connectivity index (χ2v) is 4.28. The number of nitrogens with one attached hydrogen (secondary N) is 1. The highest BCUT2D eigenvalue weighted by Gasteiger charge is 2.05. The van der Waals surface area contributed by atoms with E-state index in [-0.39, 0.29) is 5.56 Å². The largest absolute Gasteiger partial charge is 0.478 e. The van der Waals surface area contributed by atoms with Crippen LogP contribution in [0, 0.1) is 0 Å². The van der Waals surface area contributed by atoms with Gasteiger partial charge in [0.15, 0.2) is 0 Å². The second-order valence-electron chi connectivity index (χ2n) is 4.28. The van der Waals surface area contributed by atoms with E-state index in [1.165, 1.54) is 25.5 Å². The van der Waals surface area contributed by atoms with Crippen molar-refractivity contribution in [2.24, 2.45) is 0 Å². The van der Waals surface area contributed by atoms with Crippen LogP contribution >= 0.6 is 0 Å². The number of anilines is 1. The molecule has 0 fully saturated rings. The predicted molar refractivity (Wildman–Crippen MR) is 68.4 cm³/mol. The van der Waals surface area contributed by atoms with Crippen molar-refractivity contribution in [3.63, 3.8) is 0 Å². The standard InChI is InChI=1S/C13H20N2O2/c1-3-4-5-6-10(2)15-12-8-7-11(9-14-12)13(16)17/h7-10H,3-6H2,1-2H3,(H,14,15)(H,16,17). The first-order valence-electron chi connectivity index (χ1n) is 6.09. The molecule has 0 aliphatic carbocycles. The van der Waals surface area contributed by atoms with E-state index in [9.17, 15) is 4.79 Å². The average molecular weight is 236 g/mol. The van der Waals surface area contributed by atoms with Crippen LogP contribution in [0.15, 0.2) is 18.3 Å². The lowest BCUT2D eigenvalue weighted by Crippen LogP contribution is -2.15. The minimum atomic E-state index is -0.944. The number of rotatable bonds is 7. The molecule has 2 N–H and O–H groups in total. The van der Waals surface area contributed by atoms with Crippen molar-refractivity contribution in [1.29, 1.82) is 0 Å². The highest BCUT2D eigenvalue weighted by atomic mass is 16.4. The zero-order valence-corrected chi connectivity index (χ0v) is 10.4. The quantitative estimate of drug-likeness (QED) is 0.714. The van der Waals surface area contributed by atoms with Gasteiger partial charge in [0.05, 0.1) is 5.56 Å². The fourth-order valence-corrected chi connectivity index (χ4v) is 1.63. The minimum absolute atomic E-state index is 0.217. The Morgan fingerprint density at radius 3 is 2.76 bits per heavy atom. The van der Waals surface area contributed by atoms with Crippen molar-refractivity contribution in [1.82, 2.24) is 4.98 Å². The fraction of sp³-hybridized carbons (Fsp3) is 0.538. The van der Waals surface area contributed by atoms with Crippen LogP contribution in [-0.2, 0) is 0 Å². The Balaban J connectivity index is 2.43. The fourth-order valence-electron chi connectivity index (χ4n) is 1.63. The molecule has 0 spiro atoms. The van der Waals surface area contributed by atoms with Gasteiger partial charge in [-0.3, -0.25) is 0 Å². The van der Waals surface area contributed by atoms with Crippen molar-refractivity contribution in [3.8, 4) is 0 Å². The molecule has 0 bridgehead atoms. The molecule has 94 valence electrons. The number of nitrogens with zero attached hydrogens (tertiary/aromatic N) is 1. The van der Waals surface area contributed by atoms with E-state index in [1.54, 1.807) is 12.1 Å². The molecule has 0 radical (unpaired) electrons. The maximum Gasteiger partial charge on any atom is 0.337 e. The summed E-state index contributed by atoms with van der Waals surface area (Å²) in [7, 11) is 0. The van der Waals surface area contributed by atoms with Crippen molar-refractivity contribution >= 4 is 11.8 Å². The molecule has 17 heavy (non-hydrogen) atoms. The Hall–Kier alpha value is -1.58. The van der Waals surface area contributed by atoms with Gasteiger partial charge in [-0.05, 0) is 25.5 Å². The van der Waals surface area contributed by atoms with Gasteiger partial charge in [0.2, 0.25) is 0 Å². The Morgan fingerprint density at radius 2 is 2.24 bits per heavy atom. The zero-order valence-electron chi connectivity index (χ0n) is 10.4. The lowest BCUT2D eigenvalue weighted by Gasteiger charge is -2.14. The summed E-state index contributed by atoms with van der Waals surface area (Å²) in [5.41, 5.74) is 0.217. The summed E-state index contributed by atoms with van der Waals surface area (Å²) in [6.45, 7) is 4.30. The lowest BCUT2D eigenvalue weighted by molar-refractivity contribution is 0.0696. The summed E-state index contributed by atoms with van der Waals surface area (Å²) in [5.74, 6) is -0.209. The van der Waals surface area contributed by atoms with E-state index >= 15 is 0 Å². The van der Waals surface area contributed by atoms with Gasteiger partial charge in [-0.15, -0.1) is 0 Å². The molecule has 1 rings (SSSR count). The van der Waals surface area contributed by atoms with E-state index in [0.717, 1.165) is 12.2 Å². The van der Waals surface area contributed by atoms with Gasteiger partial charge in [-0.25, -0.2) is 9.78 Å². The maximum absolute atomic E-state index is 10.6. The van der Waals surface area contributed by atoms with Gasteiger partial charge in [0.25, 0.3) is 0 Å². The van der Waals surface area contributed by atoms with Gasteiger partial charge in [-0.1, -0.05) is 26.2 Å². The van der Waals surface area contributed by atoms with Gasteiger partial charge >= 0.3 is 5.97 Å². The van der Waals surface area contributed by atoms with Gasteiger partial charge in [-0.2, -0.15) is 0 Å². The summed E-state index contributed by atoms with van der Waals surface area (Å²) in [6, 6.07) is 3.64. The Kier molecular flexibility index (Phi) is 5.46. The molecule has 4 nitrogen and oxygen atoms in total. The molecule has 0 saturated heterocycles. The van der Waals surface area contributed by atoms with Gasteiger partial charge in [0, 0.05) is 12.2 Å². The number of aromatic carboxylic acids is 1. The first kappa shape index (κ1) is 13.5. The van der Waals surface area contributed by atoms with E-state index in [2.05, 4.69) is 24.1 Å². The zero-order chi connectivity index (χ0) is 12.7. The molecule has 1 atom stereocenters. The average Bonchev–Trinajstić information content (AvgIpc) is 2.30. The number of carboxylic acid groups (broad SMARTS) is 1. The molecule has 0 aromatic carbocycles. The Labute approximate surface area is 102 Å². The van der Waals surface area contributed by atoms with Crippen molar-refractivity contribution in [2.75, 3.05) is 5.32 Å². The number of pyridine rings is 1. The van der Waals surface area contributed by atoms with E-state index in [1.807, 2.05) is 0 Å². The monoisotopic (exact) mass is 236 g/mol. The molecule has 1 aromatic rings. The van der Waals surface area contributed by atoms with Crippen LogP contribution in [0.25, 0.3) is 0 Å². The number of hydrogen-bond acceptors (Lipinski definition) is 3. The molecular formula is C13H20N2O2. The molecule has 4 heteroatoms. The molecule has 0 aliphatic rings. The van der Waals surface area contributed by atoms with Gasteiger partial charge < -0.3 is 10.4 Å². The third kappa shape index (κ3) is 4.85. The Bertz CT molecular complexity index is 349. The van der Waals surface area contributed by atoms with Gasteiger partial charge in [0.1, 0.15) is 5.82 Å². The molecule has 1 unspecified atom stereocenters. The first-order chi connectivity index (χ1) is 8.13. The minimum Gasteiger partial charge on any atom is -0.478 e. The SMILES string of the molecule is CCCCCC(C)Nc1ccc(C(=O)O)cn1. The number of aromatic nitrogens is 1. The second kappa shape index (κ2) is 6.89. The van der Waals surface area contributed by atoms with Crippen LogP contribution < -0.4 is 5.32 Å². The van der Waals surface area contributed by atoms with Crippen molar-refractivity contribution in [3.05, 3.63) is 23.9 Å². The third-order valence-corrected chi connectivity index (χ3v) is 2.65. The summed E-state index contributed by atoms with van der Waals surface area (Å²) in [6.07, 6.45) is 6.16. The molecule has 0 amide bonds. The highest BCUT2D eigenvalue weighted by Crippen LogP contribution is 2.10. The number of unbranched alkanes of at least 4 members (excludes halogenated alkanes) is 2. The summed E-state index contributed by atoms with van der Waals surface area (Å²) in [4.78, 5) is 14.7. The molecule has 1 aromatic heterocycles. The number of hydrogen-bond donors (Lipinski definition) is 2. The highest BCUT2D eigenvalue weighted by molar-refractivity contribution is 5.87. The summed E-state index contributed by atoms with van der Waals surface area (Å²) in [5, 5.41) is 12.0. The van der Waals surface area contributed by atoms with E-state index in [0.29, 0.717) is 6.04 Å². The molecule has 0 aliphatic heterocycles. The lowest BCUT2D eigenvalue weighted by atomic mass is 10.1. The number of carbonyl (C=O) groups is 1. The van der Waals surface area contributed by atoms with E-state index in [4.69, 9.17) is 5.11 Å². The Morgan fingerprint density at radius 1 is 1.47 bits per heavy atom. The molecule has 1 heterocycles. The normalized spacial score (nSPS) is 12.1. The number of carboxylic acids is 1. The van der Waals surface area contributed by atoms with Crippen LogP contribution in [0.3, 0.4) is 0 Å². The predicted octanol–water partition coefficient (Wildman–Crippen LogP) is 3.16. The van der Waals surface area contributed by atoms with E-state index < -0.39 is 5.97 Å². The topological polar surface area (TPSA) is 62.2 Å². The van der Waals surface area contributed by atoms with Crippen LogP contribution in [0.5, 0.6) is 0 Å². The maximum atomic E-state index is 10.6. The summed E-state index contributed by atoms with van der Waals surface area (Å²) < 4.78 is 0. The van der Waals surface area contributed by atoms with Crippen molar-refractivity contribution in [2.45, 2.75) is 45.6 Å². The smallest absolute Gasteiger partial charge is 0.337 e. The van der Waals surface area contributed by atoms with Crippen LogP contribution in [0.1, 0.15) is 49.9 Å².